The summed E-state index contributed by atoms with van der Waals surface area (Å²) in [5.41, 5.74) is -0.957. The summed E-state index contributed by atoms with van der Waals surface area (Å²) in [6, 6.07) is 2.19. The zero-order chi connectivity index (χ0) is 15.3. The molecule has 0 spiro atoms. The summed E-state index contributed by atoms with van der Waals surface area (Å²) in [6.07, 6.45) is -4.49. The summed E-state index contributed by atoms with van der Waals surface area (Å²) in [4.78, 5) is 22.5. The third-order valence-electron chi connectivity index (χ3n) is 2.41. The molecular weight excluding hydrogens is 279 g/mol. The predicted molar refractivity (Wildman–Crippen MR) is 62.2 cm³/mol. The van der Waals surface area contributed by atoms with Crippen LogP contribution >= 0.6 is 0 Å². The second-order valence-electron chi connectivity index (χ2n) is 3.89. The fourth-order valence-corrected chi connectivity index (χ4v) is 1.39. The summed E-state index contributed by atoms with van der Waals surface area (Å²) >= 11 is 0. The number of hydrogen-bond donors (Lipinski definition) is 2. The standard InChI is InChI=1S/C12H12F3NO4/c1-20-6-9(11(18)19)16-10(17)7-2-4-8(5-3-7)12(13,14)15/h2-5,9H,6H2,1H3,(H,16,17)(H,18,19). The maximum absolute atomic E-state index is 12.3. The number of nitrogens with one attached hydrogen (secondary N) is 1. The Labute approximate surface area is 112 Å². The van der Waals surface area contributed by atoms with E-state index in [1.54, 1.807) is 0 Å². The first-order chi connectivity index (χ1) is 9.25. The number of methoxy groups -OCH3 is 1. The van der Waals surface area contributed by atoms with Crippen molar-refractivity contribution in [3.8, 4) is 0 Å². The molecule has 1 aromatic rings. The highest BCUT2D eigenvalue weighted by molar-refractivity contribution is 5.96. The van der Waals surface area contributed by atoms with E-state index in [0.29, 0.717) is 0 Å². The lowest BCUT2D eigenvalue weighted by atomic mass is 10.1. The van der Waals surface area contributed by atoms with Gasteiger partial charge in [-0.2, -0.15) is 13.2 Å². The quantitative estimate of drug-likeness (QED) is 0.862. The summed E-state index contributed by atoms with van der Waals surface area (Å²) in [5, 5.41) is 11.0. The first kappa shape index (κ1) is 16.0. The van der Waals surface area contributed by atoms with Gasteiger partial charge in [-0.3, -0.25) is 4.79 Å². The van der Waals surface area contributed by atoms with Gasteiger partial charge in [-0.1, -0.05) is 0 Å². The van der Waals surface area contributed by atoms with Gasteiger partial charge in [-0.25, -0.2) is 4.79 Å². The van der Waals surface area contributed by atoms with Gasteiger partial charge < -0.3 is 15.2 Å². The summed E-state index contributed by atoms with van der Waals surface area (Å²) in [5.74, 6) is -2.09. The Morgan fingerprint density at radius 3 is 2.25 bits per heavy atom. The molecule has 0 bridgehead atoms. The molecule has 8 heteroatoms. The molecule has 0 saturated heterocycles. The van der Waals surface area contributed by atoms with Crippen LogP contribution in [0.1, 0.15) is 15.9 Å². The van der Waals surface area contributed by atoms with Crippen LogP contribution < -0.4 is 5.32 Å². The Morgan fingerprint density at radius 1 is 1.30 bits per heavy atom. The summed E-state index contributed by atoms with van der Waals surface area (Å²) in [7, 11) is 1.26. The van der Waals surface area contributed by atoms with E-state index < -0.39 is 29.7 Å². The fraction of sp³-hybridized carbons (Fsp3) is 0.333. The molecule has 1 unspecified atom stereocenters. The molecule has 5 nitrogen and oxygen atoms in total. The number of carboxylic acid groups (broad SMARTS) is 1. The van der Waals surface area contributed by atoms with Crippen molar-refractivity contribution in [1.29, 1.82) is 0 Å². The molecule has 0 aliphatic carbocycles. The second kappa shape index (κ2) is 6.38. The van der Waals surface area contributed by atoms with Gasteiger partial charge in [-0.05, 0) is 24.3 Å². The van der Waals surface area contributed by atoms with Gasteiger partial charge in [0.25, 0.3) is 5.91 Å². The Balaban J connectivity index is 2.80. The van der Waals surface area contributed by atoms with Crippen molar-refractivity contribution in [2.24, 2.45) is 0 Å². The van der Waals surface area contributed by atoms with Crippen molar-refractivity contribution < 1.29 is 32.6 Å². The minimum atomic E-state index is -4.49. The molecular formula is C12H12F3NO4. The van der Waals surface area contributed by atoms with Gasteiger partial charge in [0.2, 0.25) is 0 Å². The lowest BCUT2D eigenvalue weighted by Crippen LogP contribution is -2.43. The number of alkyl halides is 3. The maximum Gasteiger partial charge on any atom is 0.416 e. The average molecular weight is 291 g/mol. The van der Waals surface area contributed by atoms with E-state index in [4.69, 9.17) is 5.11 Å². The summed E-state index contributed by atoms with van der Waals surface area (Å²) in [6.45, 7) is -0.248. The molecule has 0 radical (unpaired) electrons. The SMILES string of the molecule is COCC(NC(=O)c1ccc(C(F)(F)F)cc1)C(=O)O. The number of halogens is 3. The van der Waals surface area contributed by atoms with Gasteiger partial charge in [-0.15, -0.1) is 0 Å². The zero-order valence-corrected chi connectivity index (χ0v) is 10.4. The monoisotopic (exact) mass is 291 g/mol. The Morgan fingerprint density at radius 2 is 1.85 bits per heavy atom. The molecule has 20 heavy (non-hydrogen) atoms. The van der Waals surface area contributed by atoms with Gasteiger partial charge in [0.05, 0.1) is 12.2 Å². The number of aliphatic carboxylic acids is 1. The number of rotatable bonds is 5. The number of carbonyl (C=O) groups excluding carboxylic acids is 1. The minimum absolute atomic E-state index is 0.0691. The predicted octanol–water partition coefficient (Wildman–Crippen LogP) is 1.53. The van der Waals surface area contributed by atoms with E-state index in [2.05, 4.69) is 10.1 Å². The van der Waals surface area contributed by atoms with Gasteiger partial charge in [0, 0.05) is 12.7 Å². The molecule has 0 saturated carbocycles. The highest BCUT2D eigenvalue weighted by atomic mass is 19.4. The molecule has 2 N–H and O–H groups in total. The molecule has 0 aliphatic rings. The smallest absolute Gasteiger partial charge is 0.416 e. The fourth-order valence-electron chi connectivity index (χ4n) is 1.39. The van der Waals surface area contributed by atoms with E-state index >= 15 is 0 Å². The van der Waals surface area contributed by atoms with Crippen molar-refractivity contribution in [2.75, 3.05) is 13.7 Å². The minimum Gasteiger partial charge on any atom is -0.480 e. The van der Waals surface area contributed by atoms with Crippen LogP contribution in [0.2, 0.25) is 0 Å². The number of carboxylic acids is 1. The maximum atomic E-state index is 12.3. The highest BCUT2D eigenvalue weighted by Crippen LogP contribution is 2.29. The van der Waals surface area contributed by atoms with Crippen LogP contribution in [-0.2, 0) is 15.7 Å². The molecule has 1 rings (SSSR count). The van der Waals surface area contributed by atoms with Crippen LogP contribution in [0.4, 0.5) is 13.2 Å². The molecule has 0 fully saturated rings. The van der Waals surface area contributed by atoms with Gasteiger partial charge in [0.1, 0.15) is 0 Å². The van der Waals surface area contributed by atoms with Crippen LogP contribution in [0.15, 0.2) is 24.3 Å². The van der Waals surface area contributed by atoms with E-state index in [1.807, 2.05) is 0 Å². The first-order valence-corrected chi connectivity index (χ1v) is 5.45. The van der Waals surface area contributed by atoms with Gasteiger partial charge >= 0.3 is 12.1 Å². The number of amides is 1. The lowest BCUT2D eigenvalue weighted by Gasteiger charge is -2.13. The second-order valence-corrected chi connectivity index (χ2v) is 3.89. The number of carbonyl (C=O) groups is 2. The number of ether oxygens (including phenoxy) is 1. The Kier molecular flexibility index (Phi) is 5.09. The van der Waals surface area contributed by atoms with Crippen LogP contribution in [-0.4, -0.2) is 36.7 Å². The van der Waals surface area contributed by atoms with Crippen molar-refractivity contribution in [2.45, 2.75) is 12.2 Å². The third-order valence-corrected chi connectivity index (χ3v) is 2.41. The Hall–Kier alpha value is -2.09. The van der Waals surface area contributed by atoms with Crippen LogP contribution in [0, 0.1) is 0 Å². The molecule has 1 aromatic carbocycles. The average Bonchev–Trinajstić information content (AvgIpc) is 2.37. The molecule has 110 valence electrons. The normalized spacial score (nSPS) is 12.8. The largest absolute Gasteiger partial charge is 0.480 e. The van der Waals surface area contributed by atoms with Crippen molar-refractivity contribution in [3.63, 3.8) is 0 Å². The van der Waals surface area contributed by atoms with E-state index in [1.165, 1.54) is 7.11 Å². The Bertz CT molecular complexity index is 484. The van der Waals surface area contributed by atoms with Crippen molar-refractivity contribution in [1.82, 2.24) is 5.32 Å². The van der Waals surface area contributed by atoms with Crippen LogP contribution in [0.25, 0.3) is 0 Å². The van der Waals surface area contributed by atoms with Crippen LogP contribution in [0.5, 0.6) is 0 Å². The van der Waals surface area contributed by atoms with Crippen LogP contribution in [0.3, 0.4) is 0 Å². The van der Waals surface area contributed by atoms with Crippen molar-refractivity contribution >= 4 is 11.9 Å². The molecule has 1 amide bonds. The van der Waals surface area contributed by atoms with Gasteiger partial charge in [0.15, 0.2) is 6.04 Å². The molecule has 0 aromatic heterocycles. The molecule has 0 aliphatic heterocycles. The van der Waals surface area contributed by atoms with E-state index in [-0.39, 0.29) is 12.2 Å². The topological polar surface area (TPSA) is 75.6 Å². The first-order valence-electron chi connectivity index (χ1n) is 5.45. The van der Waals surface area contributed by atoms with E-state index in [0.717, 1.165) is 24.3 Å². The summed E-state index contributed by atoms with van der Waals surface area (Å²) < 4.78 is 41.6. The third kappa shape index (κ3) is 4.23. The van der Waals surface area contributed by atoms with E-state index in [9.17, 15) is 22.8 Å². The zero-order valence-electron chi connectivity index (χ0n) is 10.4. The van der Waals surface area contributed by atoms with Crippen molar-refractivity contribution in [3.05, 3.63) is 35.4 Å². The molecule has 1 atom stereocenters. The lowest BCUT2D eigenvalue weighted by molar-refractivity contribution is -0.140. The number of benzene rings is 1. The molecule has 0 heterocycles. The highest BCUT2D eigenvalue weighted by Gasteiger charge is 2.30. The number of hydrogen-bond acceptors (Lipinski definition) is 3.